The zero-order valence-electron chi connectivity index (χ0n) is 17.7. The van der Waals surface area contributed by atoms with Crippen LogP contribution in [0.4, 0.5) is 0 Å². The first-order valence-electron chi connectivity index (χ1n) is 10.3. The van der Waals surface area contributed by atoms with E-state index in [1.54, 1.807) is 31.3 Å². The van der Waals surface area contributed by atoms with Crippen molar-refractivity contribution >= 4 is 46.3 Å². The fourth-order valence-electron chi connectivity index (χ4n) is 2.84. The summed E-state index contributed by atoms with van der Waals surface area (Å²) in [4.78, 5) is 28.4. The number of nitrogens with one attached hydrogen (secondary N) is 1. The summed E-state index contributed by atoms with van der Waals surface area (Å²) >= 11 is 8.49. The average Bonchev–Trinajstić information content (AvgIpc) is 3.43. The summed E-state index contributed by atoms with van der Waals surface area (Å²) in [6, 6.07) is 5.03. The van der Waals surface area contributed by atoms with Gasteiger partial charge in [0.25, 0.3) is 5.19 Å². The zero-order valence-corrected chi connectivity index (χ0v) is 20.1. The highest BCUT2D eigenvalue weighted by Crippen LogP contribution is 2.35. The molecule has 0 unspecified atom stereocenters. The number of amides is 1. The van der Waals surface area contributed by atoms with Crippen molar-refractivity contribution in [2.45, 2.75) is 32.4 Å². The number of thiazole rings is 2. The molecule has 174 valence electrons. The molecule has 1 fully saturated rings. The molecule has 0 bridgehead atoms. The van der Waals surface area contributed by atoms with E-state index in [2.05, 4.69) is 10.3 Å². The fourth-order valence-corrected chi connectivity index (χ4v) is 4.36. The Bertz CT molecular complexity index is 1210. The highest BCUT2D eigenvalue weighted by molar-refractivity contribution is 7.14. The molecule has 0 saturated heterocycles. The van der Waals surface area contributed by atoms with E-state index in [1.807, 2.05) is 12.1 Å². The van der Waals surface area contributed by atoms with Crippen LogP contribution in [0.2, 0.25) is 5.02 Å². The molecule has 11 heteroatoms. The van der Waals surface area contributed by atoms with E-state index in [0.717, 1.165) is 26.5 Å². The monoisotopic (exact) mass is 507 g/mol. The van der Waals surface area contributed by atoms with Gasteiger partial charge in [-0.15, -0.1) is 0 Å². The van der Waals surface area contributed by atoms with Crippen LogP contribution in [-0.4, -0.2) is 33.2 Å². The Morgan fingerprint density at radius 2 is 2.27 bits per heavy atom. The number of nitrogens with zero attached hydrogens (tertiary/aromatic N) is 2. The van der Waals surface area contributed by atoms with Crippen LogP contribution in [0, 0.1) is 5.92 Å². The van der Waals surface area contributed by atoms with E-state index in [-0.39, 0.29) is 29.2 Å². The molecular weight excluding hydrogens is 486 g/mol. The first-order valence-corrected chi connectivity index (χ1v) is 12.4. The average molecular weight is 508 g/mol. The maximum absolute atomic E-state index is 12.1. The number of hydrogen-bond acceptors (Lipinski definition) is 8. The smallest absolute Gasteiger partial charge is 0.310 e. The minimum atomic E-state index is -0.386. The molecule has 8 nitrogen and oxygen atoms in total. The van der Waals surface area contributed by atoms with Crippen molar-refractivity contribution in [3.05, 3.63) is 55.4 Å². The number of carbonyl (C=O) groups excluding carboxylic acids is 1. The molecule has 1 amide bonds. The van der Waals surface area contributed by atoms with Gasteiger partial charge in [-0.3, -0.25) is 14.2 Å². The highest BCUT2D eigenvalue weighted by atomic mass is 35.5. The summed E-state index contributed by atoms with van der Waals surface area (Å²) in [5.41, 5.74) is 0. The lowest BCUT2D eigenvalue weighted by Gasteiger charge is -2.10. The molecule has 1 aliphatic rings. The van der Waals surface area contributed by atoms with Crippen molar-refractivity contribution < 1.29 is 19.4 Å². The summed E-state index contributed by atoms with van der Waals surface area (Å²) in [5, 5.41) is 14.5. The molecule has 2 N–H and O–H groups in total. The van der Waals surface area contributed by atoms with Crippen LogP contribution in [0.3, 0.4) is 0 Å². The summed E-state index contributed by atoms with van der Waals surface area (Å²) in [7, 11) is 0. The number of hydrogen-bond donors (Lipinski definition) is 2. The van der Waals surface area contributed by atoms with Gasteiger partial charge in [-0.1, -0.05) is 40.4 Å². The number of carbonyl (C=O) groups is 1. The Morgan fingerprint density at radius 1 is 1.45 bits per heavy atom. The van der Waals surface area contributed by atoms with E-state index < -0.39 is 0 Å². The quantitative estimate of drug-likeness (QED) is 0.418. The lowest BCUT2D eigenvalue weighted by Crippen LogP contribution is -2.35. The lowest BCUT2D eigenvalue weighted by atomic mass is 10.3. The van der Waals surface area contributed by atoms with Crippen molar-refractivity contribution in [3.8, 4) is 22.6 Å². The molecule has 0 spiro atoms. The van der Waals surface area contributed by atoms with Crippen molar-refractivity contribution in [3.63, 3.8) is 0 Å². The standard InChI is InChI=1S/C22H22ClN3O5S2/c1-13(25-19(27)10-26-20(28)12-32-22(26)29)2-6-16-9-24-21(33-16)31-18-7-5-15(8-17(18)23)30-11-14-3-4-14/h2,5-9,12-14,28H,3-4,10-11H2,1H3,(H,25,27)/t13-/m0/s1. The number of aromatic nitrogens is 2. The van der Waals surface area contributed by atoms with Crippen LogP contribution in [0.5, 0.6) is 22.6 Å². The molecular formula is C22H22ClN3O5S2. The number of halogens is 1. The van der Waals surface area contributed by atoms with Crippen LogP contribution in [0.15, 0.2) is 40.6 Å². The van der Waals surface area contributed by atoms with Gasteiger partial charge in [0, 0.05) is 18.3 Å². The van der Waals surface area contributed by atoms with Gasteiger partial charge in [-0.05, 0) is 43.9 Å². The van der Waals surface area contributed by atoms with Gasteiger partial charge in [0.2, 0.25) is 11.8 Å². The van der Waals surface area contributed by atoms with Crippen LogP contribution in [0.1, 0.15) is 24.6 Å². The summed E-state index contributed by atoms with van der Waals surface area (Å²) in [6.07, 6.45) is 7.73. The minimum Gasteiger partial charge on any atom is -0.494 e. The Kier molecular flexibility index (Phi) is 7.36. The fraction of sp³-hybridized carbons (Fsp3) is 0.318. The van der Waals surface area contributed by atoms with E-state index in [4.69, 9.17) is 21.1 Å². The molecule has 1 saturated carbocycles. The Labute approximate surface area is 203 Å². The van der Waals surface area contributed by atoms with Gasteiger partial charge in [-0.2, -0.15) is 0 Å². The molecule has 2 heterocycles. The second-order valence-corrected chi connectivity index (χ2v) is 9.89. The summed E-state index contributed by atoms with van der Waals surface area (Å²) < 4.78 is 12.5. The largest absolute Gasteiger partial charge is 0.494 e. The highest BCUT2D eigenvalue weighted by Gasteiger charge is 2.22. The minimum absolute atomic E-state index is 0.221. The first-order chi connectivity index (χ1) is 15.9. The molecule has 1 aromatic carbocycles. The summed E-state index contributed by atoms with van der Waals surface area (Å²) in [6.45, 7) is 2.28. The molecule has 0 radical (unpaired) electrons. The second-order valence-electron chi connectivity index (χ2n) is 7.64. The van der Waals surface area contributed by atoms with E-state index in [0.29, 0.717) is 28.5 Å². The van der Waals surface area contributed by atoms with Gasteiger partial charge >= 0.3 is 4.87 Å². The van der Waals surface area contributed by atoms with Crippen LogP contribution in [-0.2, 0) is 11.3 Å². The maximum atomic E-state index is 12.1. The molecule has 1 atom stereocenters. The number of benzene rings is 1. The Morgan fingerprint density at radius 3 is 2.97 bits per heavy atom. The van der Waals surface area contributed by atoms with Crippen molar-refractivity contribution in [2.24, 2.45) is 5.92 Å². The Hall–Kier alpha value is -2.82. The Balaban J connectivity index is 1.28. The van der Waals surface area contributed by atoms with Crippen LogP contribution in [0.25, 0.3) is 6.08 Å². The predicted molar refractivity (Wildman–Crippen MR) is 129 cm³/mol. The van der Waals surface area contributed by atoms with Gasteiger partial charge in [0.15, 0.2) is 0 Å². The predicted octanol–water partition coefficient (Wildman–Crippen LogP) is 4.52. The van der Waals surface area contributed by atoms with E-state index >= 15 is 0 Å². The first kappa shape index (κ1) is 23.3. The molecule has 4 rings (SSSR count). The number of aromatic hydroxyl groups is 1. The SMILES string of the molecule is C[C@@H](C=Cc1cnc(Oc2ccc(OCC3CC3)cc2Cl)s1)NC(=O)Cn1c(O)csc1=O. The van der Waals surface area contributed by atoms with Gasteiger partial charge in [-0.25, -0.2) is 4.98 Å². The zero-order chi connectivity index (χ0) is 23.4. The normalized spacial score (nSPS) is 14.4. The molecule has 2 aromatic heterocycles. The molecule has 0 aliphatic heterocycles. The number of ether oxygens (including phenoxy) is 2. The maximum Gasteiger partial charge on any atom is 0.310 e. The second kappa shape index (κ2) is 10.4. The third kappa shape index (κ3) is 6.59. The number of rotatable bonds is 10. The molecule has 33 heavy (non-hydrogen) atoms. The summed E-state index contributed by atoms with van der Waals surface area (Å²) in [5.74, 6) is 1.28. The lowest BCUT2D eigenvalue weighted by molar-refractivity contribution is -0.122. The van der Waals surface area contributed by atoms with Gasteiger partial charge < -0.3 is 19.9 Å². The third-order valence-electron chi connectivity index (χ3n) is 4.79. The van der Waals surface area contributed by atoms with E-state index in [9.17, 15) is 14.7 Å². The van der Waals surface area contributed by atoms with E-state index in [1.165, 1.54) is 29.6 Å². The van der Waals surface area contributed by atoms with Crippen LogP contribution >= 0.6 is 34.3 Å². The van der Waals surface area contributed by atoms with Gasteiger partial charge in [0.1, 0.15) is 18.0 Å². The topological polar surface area (TPSA) is 103 Å². The van der Waals surface area contributed by atoms with Gasteiger partial charge in [0.05, 0.1) is 21.9 Å². The van der Waals surface area contributed by atoms with Crippen molar-refractivity contribution in [1.29, 1.82) is 0 Å². The van der Waals surface area contributed by atoms with Crippen LogP contribution < -0.4 is 19.7 Å². The third-order valence-corrected chi connectivity index (χ3v) is 6.67. The molecule has 1 aliphatic carbocycles. The molecule has 3 aromatic rings. The van der Waals surface area contributed by atoms with Crippen molar-refractivity contribution in [1.82, 2.24) is 14.9 Å². The van der Waals surface area contributed by atoms with Crippen molar-refractivity contribution in [2.75, 3.05) is 6.61 Å².